The molecule has 0 aliphatic rings. The van der Waals surface area contributed by atoms with E-state index in [4.69, 9.17) is 10.5 Å². The molecule has 2 rings (SSSR count). The molecule has 1 aromatic carbocycles. The third-order valence-electron chi connectivity index (χ3n) is 3.55. The molecule has 0 spiro atoms. The number of nitrogens with one attached hydrogen (secondary N) is 1. The van der Waals surface area contributed by atoms with Crippen molar-refractivity contribution in [2.75, 3.05) is 13.7 Å². The predicted molar refractivity (Wildman–Crippen MR) is 103 cm³/mol. The molecule has 25 heavy (non-hydrogen) atoms. The van der Waals surface area contributed by atoms with E-state index in [1.807, 2.05) is 13.8 Å². The van der Waals surface area contributed by atoms with Crippen molar-refractivity contribution >= 4 is 49.8 Å². The van der Waals surface area contributed by atoms with Gasteiger partial charge >= 0.3 is 5.97 Å². The van der Waals surface area contributed by atoms with E-state index >= 15 is 0 Å². The fourth-order valence-corrected chi connectivity index (χ4v) is 5.63. The van der Waals surface area contributed by atoms with Crippen molar-refractivity contribution < 1.29 is 17.9 Å². The van der Waals surface area contributed by atoms with E-state index in [0.29, 0.717) is 22.4 Å². The summed E-state index contributed by atoms with van der Waals surface area (Å²) in [7, 11) is -2.67. The van der Waals surface area contributed by atoms with Gasteiger partial charge in [-0.3, -0.25) is 0 Å². The van der Waals surface area contributed by atoms with Crippen LogP contribution in [-0.2, 0) is 14.8 Å². The highest BCUT2D eigenvalue weighted by Gasteiger charge is 2.30. The Balaban J connectivity index is 0.00000312. The van der Waals surface area contributed by atoms with Gasteiger partial charge in [0, 0.05) is 22.7 Å². The van der Waals surface area contributed by atoms with E-state index in [1.54, 1.807) is 24.3 Å². The smallest absolute Gasteiger partial charge is 0.349 e. The first-order valence-electron chi connectivity index (χ1n) is 7.62. The summed E-state index contributed by atoms with van der Waals surface area (Å²) in [6, 6.07) is 6.61. The molecule has 0 saturated carbocycles. The van der Waals surface area contributed by atoms with E-state index in [0.717, 1.165) is 11.3 Å². The summed E-state index contributed by atoms with van der Waals surface area (Å²) in [6.07, 6.45) is 0.616. The minimum absolute atomic E-state index is 0. The molecule has 1 aromatic heterocycles. The summed E-state index contributed by atoms with van der Waals surface area (Å²) in [5.41, 5.74) is 5.70. The molecular formula is C16H23ClN2O4S2. The largest absolute Gasteiger partial charge is 0.465 e. The number of thiophene rings is 1. The van der Waals surface area contributed by atoms with Crippen LogP contribution in [0.3, 0.4) is 0 Å². The van der Waals surface area contributed by atoms with Crippen LogP contribution in [0, 0.1) is 5.92 Å². The Kier molecular flexibility index (Phi) is 7.83. The van der Waals surface area contributed by atoms with Gasteiger partial charge in [-0.25, -0.2) is 17.9 Å². The molecule has 0 bridgehead atoms. The van der Waals surface area contributed by atoms with Gasteiger partial charge in [-0.1, -0.05) is 32.0 Å². The summed E-state index contributed by atoms with van der Waals surface area (Å²) in [5, 5.41) is 0.510. The Labute approximate surface area is 158 Å². The molecule has 0 fully saturated rings. The predicted octanol–water partition coefficient (Wildman–Crippen LogP) is 2.76. The van der Waals surface area contributed by atoms with Crippen LogP contribution in [0.5, 0.6) is 0 Å². The normalized spacial score (nSPS) is 12.8. The second kappa shape index (κ2) is 8.95. The number of rotatable bonds is 7. The third-order valence-corrected chi connectivity index (χ3v) is 6.44. The number of sulfonamides is 1. The molecule has 0 aliphatic carbocycles. The van der Waals surface area contributed by atoms with Crippen LogP contribution >= 0.6 is 23.7 Å². The lowest BCUT2D eigenvalue weighted by Crippen LogP contribution is -2.41. The quantitative estimate of drug-likeness (QED) is 0.689. The molecule has 3 N–H and O–H groups in total. The molecule has 1 unspecified atom stereocenters. The number of hydrogen-bond acceptors (Lipinski definition) is 6. The van der Waals surface area contributed by atoms with Gasteiger partial charge in [-0.05, 0) is 18.4 Å². The standard InChI is InChI=1S/C16H22N2O4S2.ClH/c1-10(2)8-11(9-17)18-24(20,21)15-12-6-4-5-7-13(12)23-14(15)16(19)22-3;/h4-7,10-11,18H,8-9,17H2,1-3H3;1H. The van der Waals surface area contributed by atoms with E-state index in [1.165, 1.54) is 7.11 Å². The topological polar surface area (TPSA) is 98.5 Å². The number of halogens is 1. The van der Waals surface area contributed by atoms with Crippen molar-refractivity contribution in [2.24, 2.45) is 11.7 Å². The summed E-state index contributed by atoms with van der Waals surface area (Å²) in [6.45, 7) is 4.18. The van der Waals surface area contributed by atoms with Crippen LogP contribution in [-0.4, -0.2) is 34.1 Å². The van der Waals surface area contributed by atoms with Gasteiger partial charge in [0.1, 0.15) is 9.77 Å². The van der Waals surface area contributed by atoms with Crippen LogP contribution < -0.4 is 10.5 Å². The van der Waals surface area contributed by atoms with Gasteiger partial charge in [-0.15, -0.1) is 23.7 Å². The first kappa shape index (κ1) is 21.9. The van der Waals surface area contributed by atoms with Gasteiger partial charge in [0.05, 0.1) is 7.11 Å². The molecule has 2 aromatic rings. The fraction of sp³-hybridized carbons (Fsp3) is 0.438. The maximum absolute atomic E-state index is 12.9. The van der Waals surface area contributed by atoms with Gasteiger partial charge in [0.2, 0.25) is 10.0 Å². The van der Waals surface area contributed by atoms with Crippen LogP contribution in [0.1, 0.15) is 29.9 Å². The van der Waals surface area contributed by atoms with Crippen LogP contribution in [0.15, 0.2) is 29.2 Å². The van der Waals surface area contributed by atoms with Crippen LogP contribution in [0.25, 0.3) is 10.1 Å². The molecule has 0 saturated heterocycles. The van der Waals surface area contributed by atoms with E-state index in [2.05, 4.69) is 4.72 Å². The van der Waals surface area contributed by atoms with Crippen molar-refractivity contribution in [1.29, 1.82) is 0 Å². The Hall–Kier alpha value is -1.19. The molecule has 9 heteroatoms. The second-order valence-electron chi connectivity index (χ2n) is 5.93. The van der Waals surface area contributed by atoms with Crippen molar-refractivity contribution in [1.82, 2.24) is 4.72 Å². The first-order valence-corrected chi connectivity index (χ1v) is 9.92. The van der Waals surface area contributed by atoms with Crippen molar-refractivity contribution in [3.63, 3.8) is 0 Å². The van der Waals surface area contributed by atoms with E-state index in [9.17, 15) is 13.2 Å². The SMILES string of the molecule is COC(=O)c1sc2ccccc2c1S(=O)(=O)NC(CN)CC(C)C.Cl. The highest BCUT2D eigenvalue weighted by Crippen LogP contribution is 2.35. The third kappa shape index (κ3) is 4.92. The summed E-state index contributed by atoms with van der Waals surface area (Å²) in [4.78, 5) is 12.1. The summed E-state index contributed by atoms with van der Waals surface area (Å²) < 4.78 is 34.0. The summed E-state index contributed by atoms with van der Waals surface area (Å²) in [5.74, 6) is -0.370. The molecule has 0 aliphatic heterocycles. The number of benzene rings is 1. The van der Waals surface area contributed by atoms with E-state index < -0.39 is 16.0 Å². The lowest BCUT2D eigenvalue weighted by Gasteiger charge is -2.19. The fourth-order valence-electron chi connectivity index (χ4n) is 2.56. The Morgan fingerprint density at radius 1 is 1.32 bits per heavy atom. The zero-order valence-electron chi connectivity index (χ0n) is 14.3. The number of carbonyl (C=O) groups excluding carboxylic acids is 1. The van der Waals surface area contributed by atoms with Gasteiger partial charge in [0.25, 0.3) is 0 Å². The van der Waals surface area contributed by atoms with E-state index in [-0.39, 0.29) is 34.8 Å². The molecular weight excluding hydrogens is 384 g/mol. The molecule has 0 amide bonds. The lowest BCUT2D eigenvalue weighted by atomic mass is 10.1. The van der Waals surface area contributed by atoms with Crippen LogP contribution in [0.2, 0.25) is 0 Å². The zero-order valence-corrected chi connectivity index (χ0v) is 16.8. The maximum atomic E-state index is 12.9. The number of esters is 1. The molecule has 6 nitrogen and oxygen atoms in total. The van der Waals surface area contributed by atoms with Crippen molar-refractivity contribution in [3.05, 3.63) is 29.1 Å². The molecule has 1 heterocycles. The highest BCUT2D eigenvalue weighted by atomic mass is 35.5. The average Bonchev–Trinajstić information content (AvgIpc) is 2.93. The molecule has 1 atom stereocenters. The monoisotopic (exact) mass is 406 g/mol. The van der Waals surface area contributed by atoms with Gasteiger partial charge in [-0.2, -0.15) is 0 Å². The number of carbonyl (C=O) groups is 1. The van der Waals surface area contributed by atoms with Gasteiger partial charge < -0.3 is 10.5 Å². The minimum Gasteiger partial charge on any atom is -0.465 e. The molecule has 0 radical (unpaired) electrons. The highest BCUT2D eigenvalue weighted by molar-refractivity contribution is 7.90. The number of nitrogens with two attached hydrogens (primary N) is 1. The second-order valence-corrected chi connectivity index (χ2v) is 8.63. The Bertz CT molecular complexity index is 834. The lowest BCUT2D eigenvalue weighted by molar-refractivity contribution is 0.0602. The number of methoxy groups -OCH3 is 1. The summed E-state index contributed by atoms with van der Waals surface area (Å²) >= 11 is 1.11. The first-order chi connectivity index (χ1) is 11.3. The number of ether oxygens (including phenoxy) is 1. The minimum atomic E-state index is -3.91. The average molecular weight is 407 g/mol. The van der Waals surface area contributed by atoms with Crippen molar-refractivity contribution in [3.8, 4) is 0 Å². The van der Waals surface area contributed by atoms with Gasteiger partial charge in [0.15, 0.2) is 0 Å². The Morgan fingerprint density at radius 2 is 1.96 bits per heavy atom. The number of fused-ring (bicyclic) bond motifs is 1. The Morgan fingerprint density at radius 3 is 2.52 bits per heavy atom. The van der Waals surface area contributed by atoms with Crippen LogP contribution in [0.4, 0.5) is 0 Å². The zero-order chi connectivity index (χ0) is 17.9. The number of hydrogen-bond donors (Lipinski definition) is 2. The molecule has 140 valence electrons. The maximum Gasteiger partial charge on any atom is 0.349 e. The van der Waals surface area contributed by atoms with Crippen molar-refractivity contribution in [2.45, 2.75) is 31.2 Å².